The highest BCUT2D eigenvalue weighted by Crippen LogP contribution is 2.40. The summed E-state index contributed by atoms with van der Waals surface area (Å²) < 4.78 is 6.38. The van der Waals surface area contributed by atoms with Crippen molar-refractivity contribution in [3.63, 3.8) is 0 Å². The van der Waals surface area contributed by atoms with Crippen molar-refractivity contribution in [2.75, 3.05) is 37.5 Å². The molecule has 0 spiro atoms. The van der Waals surface area contributed by atoms with Crippen LogP contribution in [0.25, 0.3) is 20.3 Å². The third kappa shape index (κ3) is 3.15. The van der Waals surface area contributed by atoms with Gasteiger partial charge in [0.2, 0.25) is 0 Å². The number of rotatable bonds is 2. The number of ether oxygens (including phenoxy) is 1. The number of hydrogen-bond donors (Lipinski definition) is 1. The van der Waals surface area contributed by atoms with Crippen LogP contribution in [0.15, 0.2) is 11.4 Å². The summed E-state index contributed by atoms with van der Waals surface area (Å²) in [7, 11) is 0. The number of thiophene rings is 1. The van der Waals surface area contributed by atoms with Crippen molar-refractivity contribution in [3.8, 4) is 0 Å². The van der Waals surface area contributed by atoms with Crippen LogP contribution in [0.1, 0.15) is 6.92 Å². The van der Waals surface area contributed by atoms with Gasteiger partial charge in [0.05, 0.1) is 36.0 Å². The van der Waals surface area contributed by atoms with Crippen LogP contribution in [0, 0.1) is 0 Å². The van der Waals surface area contributed by atoms with Crippen LogP contribution in [-0.4, -0.2) is 63.4 Å². The molecule has 1 atom stereocenters. The molecule has 0 saturated carbocycles. The molecule has 0 amide bonds. The largest absolute Gasteiger partial charge is 0.386 e. The van der Waals surface area contributed by atoms with Crippen LogP contribution in [0.3, 0.4) is 0 Å². The summed E-state index contributed by atoms with van der Waals surface area (Å²) in [6.07, 6.45) is 3.63. The van der Waals surface area contributed by atoms with Gasteiger partial charge in [-0.15, -0.1) is 16.4 Å². The van der Waals surface area contributed by atoms with E-state index in [1.165, 1.54) is 23.1 Å². The van der Waals surface area contributed by atoms with Crippen LogP contribution < -0.4 is 4.90 Å². The van der Waals surface area contributed by atoms with E-state index in [4.69, 9.17) is 21.3 Å². The van der Waals surface area contributed by atoms with E-state index in [0.29, 0.717) is 36.6 Å². The van der Waals surface area contributed by atoms with E-state index < -0.39 is 5.60 Å². The SMILES string of the molecule is CSc1nc(N2CCOC[C@@](C)(O)C2)c2c(n1)sc1c(Cl)nncc12. The third-order valence-electron chi connectivity index (χ3n) is 4.00. The Hall–Kier alpha value is -1.26. The molecule has 4 heterocycles. The Morgan fingerprint density at radius 2 is 2.28 bits per heavy atom. The number of fused-ring (bicyclic) bond motifs is 3. The third-order valence-corrected chi connectivity index (χ3v) is 6.03. The van der Waals surface area contributed by atoms with Crippen molar-refractivity contribution in [2.24, 2.45) is 0 Å². The van der Waals surface area contributed by atoms with Crippen LogP contribution in [0.5, 0.6) is 0 Å². The Labute approximate surface area is 157 Å². The first-order valence-corrected chi connectivity index (χ1v) is 10.1. The highest BCUT2D eigenvalue weighted by molar-refractivity contribution is 7.98. The van der Waals surface area contributed by atoms with Gasteiger partial charge in [-0.2, -0.15) is 5.10 Å². The number of nitrogens with zero attached hydrogens (tertiary/aromatic N) is 5. The van der Waals surface area contributed by atoms with Gasteiger partial charge in [0, 0.05) is 11.9 Å². The smallest absolute Gasteiger partial charge is 0.190 e. The Morgan fingerprint density at radius 3 is 3.08 bits per heavy atom. The summed E-state index contributed by atoms with van der Waals surface area (Å²) in [5.41, 5.74) is -0.948. The molecule has 1 N–H and O–H groups in total. The lowest BCUT2D eigenvalue weighted by molar-refractivity contribution is -0.0123. The molecule has 3 aromatic heterocycles. The van der Waals surface area contributed by atoms with Gasteiger partial charge in [-0.05, 0) is 13.2 Å². The number of aromatic nitrogens is 4. The monoisotopic (exact) mass is 397 g/mol. The topological polar surface area (TPSA) is 84.3 Å². The van der Waals surface area contributed by atoms with Gasteiger partial charge in [-0.25, -0.2) is 9.97 Å². The van der Waals surface area contributed by atoms with Gasteiger partial charge in [0.25, 0.3) is 0 Å². The zero-order valence-corrected chi connectivity index (χ0v) is 16.1. The first kappa shape index (κ1) is 17.2. The summed E-state index contributed by atoms with van der Waals surface area (Å²) in [6.45, 7) is 3.66. The molecule has 132 valence electrons. The van der Waals surface area contributed by atoms with Crippen molar-refractivity contribution >= 4 is 60.8 Å². The first-order valence-electron chi connectivity index (χ1n) is 7.69. The number of aliphatic hydroxyl groups is 1. The molecule has 1 fully saturated rings. The molecule has 25 heavy (non-hydrogen) atoms. The number of thioether (sulfide) groups is 1. The van der Waals surface area contributed by atoms with Gasteiger partial charge in [-0.3, -0.25) is 0 Å². The average molecular weight is 398 g/mol. The molecule has 7 nitrogen and oxygen atoms in total. The standard InChI is InChI=1S/C15H16ClN5O2S2/c1-15(22)6-21(3-4-23-7-15)12-9-8-5-17-20-11(16)10(8)25-13(9)19-14(18-12)24-2/h5,22H,3-4,6-7H2,1-2H3/t15-/m0/s1. The summed E-state index contributed by atoms with van der Waals surface area (Å²) >= 11 is 9.18. The normalized spacial score (nSPS) is 21.8. The van der Waals surface area contributed by atoms with Crippen molar-refractivity contribution in [1.82, 2.24) is 20.2 Å². The first-order chi connectivity index (χ1) is 12.0. The van der Waals surface area contributed by atoms with Crippen LogP contribution in [0.4, 0.5) is 5.82 Å². The van der Waals surface area contributed by atoms with Crippen molar-refractivity contribution < 1.29 is 9.84 Å². The molecular weight excluding hydrogens is 382 g/mol. The Bertz CT molecular complexity index is 948. The van der Waals surface area contributed by atoms with Crippen LogP contribution in [0.2, 0.25) is 5.15 Å². The predicted octanol–water partition coefficient (Wildman–Crippen LogP) is 2.60. The predicted molar refractivity (Wildman–Crippen MR) is 101 cm³/mol. The van der Waals surface area contributed by atoms with Gasteiger partial charge in [0.1, 0.15) is 16.2 Å². The van der Waals surface area contributed by atoms with E-state index in [0.717, 1.165) is 26.1 Å². The fourth-order valence-corrected chi connectivity index (χ4v) is 4.65. The van der Waals surface area contributed by atoms with Gasteiger partial charge in [0.15, 0.2) is 10.3 Å². The minimum Gasteiger partial charge on any atom is -0.386 e. The van der Waals surface area contributed by atoms with Gasteiger partial charge < -0.3 is 14.7 Å². The second kappa shape index (κ2) is 6.48. The fourth-order valence-electron chi connectivity index (χ4n) is 2.95. The summed E-state index contributed by atoms with van der Waals surface area (Å²) in [5.74, 6) is 0.774. The maximum absolute atomic E-state index is 10.5. The van der Waals surface area contributed by atoms with E-state index in [-0.39, 0.29) is 0 Å². The Kier molecular flexibility index (Phi) is 4.45. The van der Waals surface area contributed by atoms with Crippen molar-refractivity contribution in [3.05, 3.63) is 11.3 Å². The van der Waals surface area contributed by atoms with E-state index in [1.54, 1.807) is 13.1 Å². The van der Waals surface area contributed by atoms with E-state index in [1.807, 2.05) is 6.26 Å². The molecule has 0 aromatic carbocycles. The minimum atomic E-state index is -0.948. The molecule has 0 unspecified atom stereocenters. The molecule has 1 aliphatic rings. The molecular formula is C15H16ClN5O2S2. The maximum atomic E-state index is 10.5. The maximum Gasteiger partial charge on any atom is 0.190 e. The molecule has 0 aliphatic carbocycles. The molecule has 3 aromatic rings. The van der Waals surface area contributed by atoms with Crippen LogP contribution in [-0.2, 0) is 4.74 Å². The fraction of sp³-hybridized carbons (Fsp3) is 0.467. The van der Waals surface area contributed by atoms with Gasteiger partial charge in [-0.1, -0.05) is 23.4 Å². The summed E-state index contributed by atoms with van der Waals surface area (Å²) in [6, 6.07) is 0. The Morgan fingerprint density at radius 1 is 1.44 bits per heavy atom. The number of β-amino-alcohol motifs (C(OH)–C–C–N with tert-alkyl or cyclic N) is 1. The minimum absolute atomic E-state index is 0.300. The zero-order chi connectivity index (χ0) is 17.6. The highest BCUT2D eigenvalue weighted by Gasteiger charge is 2.30. The number of halogens is 1. The lowest BCUT2D eigenvalue weighted by Gasteiger charge is -2.28. The molecule has 0 radical (unpaired) electrons. The second-order valence-corrected chi connectivity index (χ2v) is 8.30. The van der Waals surface area contributed by atoms with Gasteiger partial charge >= 0.3 is 0 Å². The number of anilines is 1. The van der Waals surface area contributed by atoms with E-state index >= 15 is 0 Å². The quantitative estimate of drug-likeness (QED) is 0.521. The second-order valence-electron chi connectivity index (χ2n) is 6.17. The lowest BCUT2D eigenvalue weighted by Crippen LogP contribution is -2.42. The van der Waals surface area contributed by atoms with Crippen molar-refractivity contribution in [2.45, 2.75) is 17.7 Å². The number of hydrogen-bond acceptors (Lipinski definition) is 9. The summed E-state index contributed by atoms with van der Waals surface area (Å²) in [5, 5.41) is 21.3. The summed E-state index contributed by atoms with van der Waals surface area (Å²) in [4.78, 5) is 12.2. The average Bonchev–Trinajstić information content (AvgIpc) is 2.86. The Balaban J connectivity index is 1.97. The molecule has 10 heteroatoms. The molecule has 0 bridgehead atoms. The van der Waals surface area contributed by atoms with E-state index in [9.17, 15) is 5.11 Å². The zero-order valence-electron chi connectivity index (χ0n) is 13.7. The van der Waals surface area contributed by atoms with Crippen molar-refractivity contribution in [1.29, 1.82) is 0 Å². The lowest BCUT2D eigenvalue weighted by atomic mass is 10.1. The molecule has 1 aliphatic heterocycles. The van der Waals surface area contributed by atoms with E-state index in [2.05, 4.69) is 20.1 Å². The molecule has 1 saturated heterocycles. The highest BCUT2D eigenvalue weighted by atomic mass is 35.5. The van der Waals surface area contributed by atoms with Crippen LogP contribution >= 0.6 is 34.7 Å². The molecule has 4 rings (SSSR count).